The Morgan fingerprint density at radius 3 is 2.88 bits per heavy atom. The molecule has 0 saturated heterocycles. The van der Waals surface area contributed by atoms with Crippen molar-refractivity contribution in [2.45, 2.75) is 12.1 Å². The van der Waals surface area contributed by atoms with E-state index in [2.05, 4.69) is 20.3 Å². The van der Waals surface area contributed by atoms with Crippen molar-refractivity contribution in [3.63, 3.8) is 0 Å². The van der Waals surface area contributed by atoms with Gasteiger partial charge >= 0.3 is 0 Å². The molecule has 0 unspecified atom stereocenters. The van der Waals surface area contributed by atoms with Crippen LogP contribution in [0.15, 0.2) is 41.0 Å². The molecule has 3 aromatic rings. The number of anilines is 1. The van der Waals surface area contributed by atoms with Crippen LogP contribution in [0.3, 0.4) is 0 Å². The van der Waals surface area contributed by atoms with Crippen LogP contribution in [0.4, 0.5) is 5.69 Å². The van der Waals surface area contributed by atoms with Gasteiger partial charge in [0.2, 0.25) is 0 Å². The zero-order valence-corrected chi connectivity index (χ0v) is 15.3. The number of hydrogen-bond acceptors (Lipinski definition) is 6. The summed E-state index contributed by atoms with van der Waals surface area (Å²) in [6, 6.07) is 7.50. The summed E-state index contributed by atoms with van der Waals surface area (Å²) in [6.45, 7) is 1.96. The molecular weight excluding hydrogens is 364 g/mol. The second kappa shape index (κ2) is 7.29. The molecule has 0 saturated carbocycles. The molecule has 1 amide bonds. The Morgan fingerprint density at radius 2 is 2.17 bits per heavy atom. The van der Waals surface area contributed by atoms with Crippen molar-refractivity contribution in [2.24, 2.45) is 0 Å². The zero-order chi connectivity index (χ0) is 17.1. The largest absolute Gasteiger partial charge is 0.321 e. The second-order valence-corrected chi connectivity index (χ2v) is 7.08. The molecule has 0 atom stereocenters. The maximum absolute atomic E-state index is 12.4. The van der Waals surface area contributed by atoms with E-state index in [0.717, 1.165) is 16.3 Å². The molecule has 0 aliphatic carbocycles. The molecule has 0 aliphatic heterocycles. The lowest BCUT2D eigenvalue weighted by atomic mass is 10.1. The molecule has 24 heavy (non-hydrogen) atoms. The molecule has 3 rings (SSSR count). The fraction of sp³-hybridized carbons (Fsp3) is 0.125. The Hall–Kier alpha value is -1.96. The van der Waals surface area contributed by atoms with Crippen LogP contribution in [-0.2, 0) is 0 Å². The molecule has 2 aromatic heterocycles. The lowest BCUT2D eigenvalue weighted by Crippen LogP contribution is -2.15. The molecule has 0 spiro atoms. The average molecular weight is 377 g/mol. The summed E-state index contributed by atoms with van der Waals surface area (Å²) in [4.78, 5) is 25.1. The second-order valence-electron chi connectivity index (χ2n) is 4.84. The smallest absolute Gasteiger partial charge is 0.275 e. The first-order valence-electron chi connectivity index (χ1n) is 6.97. The molecular formula is C16H13ClN4OS2. The van der Waals surface area contributed by atoms with Crippen LogP contribution in [0, 0.1) is 6.92 Å². The van der Waals surface area contributed by atoms with Gasteiger partial charge < -0.3 is 5.32 Å². The van der Waals surface area contributed by atoms with E-state index >= 15 is 0 Å². The van der Waals surface area contributed by atoms with Gasteiger partial charge in [-0.15, -0.1) is 11.3 Å². The van der Waals surface area contributed by atoms with E-state index in [1.807, 2.05) is 42.8 Å². The monoisotopic (exact) mass is 376 g/mol. The minimum absolute atomic E-state index is 0.158. The number of carbonyl (C=O) groups excluding carboxylic acids is 1. The van der Waals surface area contributed by atoms with Crippen LogP contribution in [-0.4, -0.2) is 27.1 Å². The predicted octanol–water partition coefficient (Wildman–Crippen LogP) is 4.54. The lowest BCUT2D eigenvalue weighted by Gasteiger charge is -2.08. The zero-order valence-electron chi connectivity index (χ0n) is 12.9. The van der Waals surface area contributed by atoms with Crippen molar-refractivity contribution < 1.29 is 4.79 Å². The fourth-order valence-electron chi connectivity index (χ4n) is 2.05. The van der Waals surface area contributed by atoms with Gasteiger partial charge in [-0.2, -0.15) is 0 Å². The summed E-state index contributed by atoms with van der Waals surface area (Å²) in [5.41, 5.74) is 2.64. The number of benzene rings is 1. The Labute approximate surface area is 152 Å². The van der Waals surface area contributed by atoms with Gasteiger partial charge in [-0.25, -0.2) is 15.0 Å². The maximum Gasteiger partial charge on any atom is 0.275 e. The van der Waals surface area contributed by atoms with Crippen LogP contribution in [0.1, 0.15) is 15.5 Å². The average Bonchev–Trinajstić information content (AvgIpc) is 3.02. The van der Waals surface area contributed by atoms with E-state index in [1.165, 1.54) is 18.0 Å². The third-order valence-electron chi connectivity index (χ3n) is 3.15. The minimum Gasteiger partial charge on any atom is -0.321 e. The molecule has 0 radical (unpaired) electrons. The summed E-state index contributed by atoms with van der Waals surface area (Å²) in [7, 11) is 0. The lowest BCUT2D eigenvalue weighted by molar-refractivity contribution is 0.102. The molecule has 8 heteroatoms. The van der Waals surface area contributed by atoms with Crippen molar-refractivity contribution >= 4 is 46.3 Å². The third-order valence-corrected chi connectivity index (χ3v) is 4.77. The first-order valence-corrected chi connectivity index (χ1v) is 9.45. The molecule has 0 fully saturated rings. The van der Waals surface area contributed by atoms with Gasteiger partial charge in [-0.3, -0.25) is 4.79 Å². The minimum atomic E-state index is -0.371. The molecule has 0 aliphatic rings. The van der Waals surface area contributed by atoms with E-state index in [0.29, 0.717) is 10.8 Å². The SMILES string of the molecule is CSc1ncc(Cl)c(C(=O)Nc2cccc(-c3csc(C)n3)c2)n1. The van der Waals surface area contributed by atoms with Crippen LogP contribution >= 0.6 is 34.7 Å². The van der Waals surface area contributed by atoms with Crippen molar-refractivity contribution in [3.05, 3.63) is 51.6 Å². The number of hydrogen-bond donors (Lipinski definition) is 1. The van der Waals surface area contributed by atoms with Gasteiger partial charge in [0, 0.05) is 16.6 Å². The van der Waals surface area contributed by atoms with Crippen LogP contribution < -0.4 is 5.32 Å². The Kier molecular flexibility index (Phi) is 5.13. The summed E-state index contributed by atoms with van der Waals surface area (Å²) in [5.74, 6) is -0.371. The van der Waals surface area contributed by atoms with Crippen molar-refractivity contribution in [1.82, 2.24) is 15.0 Å². The van der Waals surface area contributed by atoms with Crippen molar-refractivity contribution in [1.29, 1.82) is 0 Å². The summed E-state index contributed by atoms with van der Waals surface area (Å²) in [6.07, 6.45) is 3.27. The highest BCUT2D eigenvalue weighted by Crippen LogP contribution is 2.25. The van der Waals surface area contributed by atoms with E-state index in [4.69, 9.17) is 11.6 Å². The van der Waals surface area contributed by atoms with Gasteiger partial charge in [-0.1, -0.05) is 35.5 Å². The highest BCUT2D eigenvalue weighted by atomic mass is 35.5. The molecule has 1 N–H and O–H groups in total. The van der Waals surface area contributed by atoms with Gasteiger partial charge in [0.05, 0.1) is 21.9 Å². The standard InChI is InChI=1S/C16H13ClN4OS2/c1-9-19-13(8-24-9)10-4-3-5-11(6-10)20-15(22)14-12(17)7-18-16(21-14)23-2/h3-8H,1-2H3,(H,20,22). The third kappa shape index (κ3) is 3.75. The number of nitrogens with zero attached hydrogens (tertiary/aromatic N) is 3. The van der Waals surface area contributed by atoms with Crippen LogP contribution in [0.2, 0.25) is 5.02 Å². The predicted molar refractivity (Wildman–Crippen MR) is 99.1 cm³/mol. The Bertz CT molecular complexity index is 897. The highest BCUT2D eigenvalue weighted by Gasteiger charge is 2.15. The summed E-state index contributed by atoms with van der Waals surface area (Å²) >= 11 is 8.98. The maximum atomic E-state index is 12.4. The first kappa shape index (κ1) is 16.9. The quantitative estimate of drug-likeness (QED) is 0.535. The van der Waals surface area contributed by atoms with Gasteiger partial charge in [0.25, 0.3) is 5.91 Å². The Balaban J connectivity index is 1.85. The van der Waals surface area contributed by atoms with E-state index in [9.17, 15) is 4.79 Å². The highest BCUT2D eigenvalue weighted by molar-refractivity contribution is 7.98. The number of thioether (sulfide) groups is 1. The van der Waals surface area contributed by atoms with Crippen LogP contribution in [0.5, 0.6) is 0 Å². The number of carbonyl (C=O) groups is 1. The van der Waals surface area contributed by atoms with Crippen molar-refractivity contribution in [3.8, 4) is 11.3 Å². The number of amides is 1. The summed E-state index contributed by atoms with van der Waals surface area (Å²) in [5, 5.41) is 6.52. The number of thiazole rings is 1. The van der Waals surface area contributed by atoms with Crippen molar-refractivity contribution in [2.75, 3.05) is 11.6 Å². The normalized spacial score (nSPS) is 10.6. The molecule has 1 aromatic carbocycles. The Morgan fingerprint density at radius 1 is 1.33 bits per heavy atom. The summed E-state index contributed by atoms with van der Waals surface area (Å²) < 4.78 is 0. The van der Waals surface area contributed by atoms with E-state index in [1.54, 1.807) is 11.3 Å². The molecule has 0 bridgehead atoms. The van der Waals surface area contributed by atoms with Gasteiger partial charge in [0.1, 0.15) is 0 Å². The number of aryl methyl sites for hydroxylation is 1. The first-order chi connectivity index (χ1) is 11.6. The number of halogens is 1. The fourth-order valence-corrected chi connectivity index (χ4v) is 3.19. The molecule has 2 heterocycles. The molecule has 122 valence electrons. The van der Waals surface area contributed by atoms with Gasteiger partial charge in [0.15, 0.2) is 10.9 Å². The number of aromatic nitrogens is 3. The van der Waals surface area contributed by atoms with Gasteiger partial charge in [-0.05, 0) is 25.3 Å². The van der Waals surface area contributed by atoms with Crippen LogP contribution in [0.25, 0.3) is 11.3 Å². The van der Waals surface area contributed by atoms with E-state index in [-0.39, 0.29) is 16.6 Å². The number of rotatable bonds is 4. The topological polar surface area (TPSA) is 67.8 Å². The molecule has 5 nitrogen and oxygen atoms in total. The van der Waals surface area contributed by atoms with E-state index < -0.39 is 0 Å². The number of nitrogens with one attached hydrogen (secondary N) is 1.